The van der Waals surface area contributed by atoms with Gasteiger partial charge in [-0.15, -0.1) is 0 Å². The van der Waals surface area contributed by atoms with Gasteiger partial charge in [-0.1, -0.05) is 70.0 Å². The summed E-state index contributed by atoms with van der Waals surface area (Å²) in [4.78, 5) is 4.62. The second-order valence-corrected chi connectivity index (χ2v) is 10.2. The Kier molecular flexibility index (Phi) is 5.86. The van der Waals surface area contributed by atoms with Gasteiger partial charge in [0.2, 0.25) is 0 Å². The highest BCUT2D eigenvalue weighted by Gasteiger charge is 2.33. The van der Waals surface area contributed by atoms with Crippen LogP contribution in [0, 0.1) is 11.3 Å². The molecular weight excluding hydrogens is 364 g/mol. The Morgan fingerprint density at radius 2 is 1.53 bits per heavy atom. The van der Waals surface area contributed by atoms with Gasteiger partial charge in [0.05, 0.1) is 5.52 Å². The van der Waals surface area contributed by atoms with E-state index in [1.165, 1.54) is 60.7 Å². The molecule has 0 amide bonds. The molecule has 0 saturated heterocycles. The van der Waals surface area contributed by atoms with Gasteiger partial charge in [0, 0.05) is 22.8 Å². The highest BCUT2D eigenvalue weighted by Crippen LogP contribution is 2.43. The van der Waals surface area contributed by atoms with Crippen molar-refractivity contribution < 1.29 is 0 Å². The van der Waals surface area contributed by atoms with Gasteiger partial charge in [0.1, 0.15) is 0 Å². The van der Waals surface area contributed by atoms with Gasteiger partial charge in [-0.05, 0) is 73.3 Å². The Morgan fingerprint density at radius 1 is 0.833 bits per heavy atom. The van der Waals surface area contributed by atoms with E-state index in [9.17, 15) is 0 Å². The fraction of sp³-hybridized carbons (Fsp3) is 0.464. The van der Waals surface area contributed by atoms with Crippen LogP contribution in [-0.4, -0.2) is 10.5 Å². The molecule has 0 bridgehead atoms. The molecule has 158 valence electrons. The monoisotopic (exact) mass is 400 g/mol. The summed E-state index contributed by atoms with van der Waals surface area (Å²) in [5.41, 5.74) is 5.40. The van der Waals surface area contributed by atoms with Gasteiger partial charge in [-0.3, -0.25) is 4.98 Å². The number of nitrogens with one attached hydrogen (secondary N) is 1. The number of hydrogen-bond acceptors (Lipinski definition) is 2. The number of benzene rings is 2. The smallest absolute Gasteiger partial charge is 0.0723 e. The number of anilines is 1. The van der Waals surface area contributed by atoms with Crippen LogP contribution in [0.5, 0.6) is 0 Å². The Morgan fingerprint density at radius 3 is 2.20 bits per heavy atom. The minimum absolute atomic E-state index is 0.134. The molecule has 3 aromatic rings. The normalized spacial score (nSPS) is 25.1. The lowest BCUT2D eigenvalue weighted by molar-refractivity contribution is 0.146. The van der Waals surface area contributed by atoms with Crippen molar-refractivity contribution in [3.63, 3.8) is 0 Å². The lowest BCUT2D eigenvalue weighted by atomic mass is 9.68. The Bertz CT molecular complexity index is 980. The fourth-order valence-electron chi connectivity index (χ4n) is 5.11. The van der Waals surface area contributed by atoms with Crippen molar-refractivity contribution in [2.75, 3.05) is 5.32 Å². The van der Waals surface area contributed by atoms with E-state index in [4.69, 9.17) is 0 Å². The molecule has 2 heteroatoms. The summed E-state index contributed by atoms with van der Waals surface area (Å²) < 4.78 is 0. The summed E-state index contributed by atoms with van der Waals surface area (Å²) in [6, 6.07) is 19.4. The number of fused-ring (bicyclic) bond motifs is 1. The third kappa shape index (κ3) is 4.38. The van der Waals surface area contributed by atoms with E-state index in [0.717, 1.165) is 11.4 Å². The molecule has 2 aromatic carbocycles. The first-order valence-electron chi connectivity index (χ1n) is 11.6. The average Bonchev–Trinajstić information content (AvgIpc) is 2.73. The molecule has 1 N–H and O–H groups in total. The fourth-order valence-corrected chi connectivity index (χ4v) is 5.11. The van der Waals surface area contributed by atoms with E-state index >= 15 is 0 Å². The van der Waals surface area contributed by atoms with Gasteiger partial charge in [-0.25, -0.2) is 0 Å². The molecule has 4 rings (SSSR count). The first-order valence-corrected chi connectivity index (χ1v) is 11.6. The maximum atomic E-state index is 4.62. The lowest BCUT2D eigenvalue weighted by Gasteiger charge is -2.41. The number of rotatable bonds is 4. The first kappa shape index (κ1) is 20.9. The molecule has 1 heterocycles. The topological polar surface area (TPSA) is 24.9 Å². The molecule has 0 atom stereocenters. The van der Waals surface area contributed by atoms with Gasteiger partial charge in [-0.2, -0.15) is 0 Å². The van der Waals surface area contributed by atoms with E-state index in [-0.39, 0.29) is 5.54 Å². The SMILES string of the molecule is CC(C)C1(C)CCCC(C)(Nc2ccnc3ccc(-c4ccccc4)cc23)CCC1. The highest BCUT2D eigenvalue weighted by molar-refractivity contribution is 5.94. The largest absolute Gasteiger partial charge is 0.379 e. The van der Waals surface area contributed by atoms with Gasteiger partial charge in [0.15, 0.2) is 0 Å². The molecule has 2 nitrogen and oxygen atoms in total. The van der Waals surface area contributed by atoms with Crippen LogP contribution in [0.2, 0.25) is 0 Å². The van der Waals surface area contributed by atoms with Crippen molar-refractivity contribution >= 4 is 16.6 Å². The summed E-state index contributed by atoms with van der Waals surface area (Å²) in [7, 11) is 0. The maximum Gasteiger partial charge on any atom is 0.0723 e. The van der Waals surface area contributed by atoms with Crippen molar-refractivity contribution in [3.8, 4) is 11.1 Å². The zero-order chi connectivity index (χ0) is 21.2. The van der Waals surface area contributed by atoms with Crippen LogP contribution in [0.1, 0.15) is 66.2 Å². The standard InChI is InChI=1S/C28H36N2/c1-21(2)27(3)15-8-17-28(4,18-9-16-27)30-26-14-19-29-25-13-12-23(20-24(25)26)22-10-6-5-7-11-22/h5-7,10-14,19-21H,8-9,15-18H2,1-4H3,(H,29,30). The Balaban J connectivity index is 1.60. The van der Waals surface area contributed by atoms with Gasteiger partial charge < -0.3 is 5.32 Å². The van der Waals surface area contributed by atoms with Crippen molar-refractivity contribution in [1.82, 2.24) is 4.98 Å². The van der Waals surface area contributed by atoms with E-state index < -0.39 is 0 Å². The summed E-state index contributed by atoms with van der Waals surface area (Å²) in [5, 5.41) is 5.18. The predicted octanol–water partition coefficient (Wildman–Crippen LogP) is 8.09. The summed E-state index contributed by atoms with van der Waals surface area (Å²) in [6.07, 6.45) is 9.62. The van der Waals surface area contributed by atoms with Gasteiger partial charge >= 0.3 is 0 Å². The van der Waals surface area contributed by atoms with Crippen molar-refractivity contribution in [1.29, 1.82) is 0 Å². The summed E-state index contributed by atoms with van der Waals surface area (Å²) >= 11 is 0. The minimum Gasteiger partial charge on any atom is -0.379 e. The molecule has 0 aliphatic heterocycles. The van der Waals surface area contributed by atoms with Crippen molar-refractivity contribution in [2.45, 2.75) is 71.8 Å². The molecule has 0 unspecified atom stereocenters. The van der Waals surface area contributed by atoms with Crippen LogP contribution in [0.25, 0.3) is 22.0 Å². The van der Waals surface area contributed by atoms with Crippen LogP contribution in [0.15, 0.2) is 60.8 Å². The van der Waals surface area contributed by atoms with Crippen molar-refractivity contribution in [3.05, 3.63) is 60.8 Å². The van der Waals surface area contributed by atoms with Crippen LogP contribution in [0.3, 0.4) is 0 Å². The van der Waals surface area contributed by atoms with Crippen LogP contribution in [-0.2, 0) is 0 Å². The Labute approximate surface area is 182 Å². The summed E-state index contributed by atoms with van der Waals surface area (Å²) in [5.74, 6) is 0.760. The minimum atomic E-state index is 0.134. The summed E-state index contributed by atoms with van der Waals surface area (Å²) in [6.45, 7) is 9.70. The molecule has 1 aromatic heterocycles. The number of aromatic nitrogens is 1. The molecule has 1 aliphatic rings. The van der Waals surface area contributed by atoms with Gasteiger partial charge in [0.25, 0.3) is 0 Å². The maximum absolute atomic E-state index is 4.62. The van der Waals surface area contributed by atoms with E-state index in [1.807, 2.05) is 6.20 Å². The molecule has 0 spiro atoms. The zero-order valence-electron chi connectivity index (χ0n) is 19.0. The first-order chi connectivity index (χ1) is 14.4. The number of nitrogens with zero attached hydrogens (tertiary/aromatic N) is 1. The molecular formula is C28H36N2. The third-order valence-electron chi connectivity index (χ3n) is 7.63. The molecule has 0 radical (unpaired) electrons. The molecule has 1 aliphatic carbocycles. The quantitative estimate of drug-likeness (QED) is 0.478. The average molecular weight is 401 g/mol. The van der Waals surface area contributed by atoms with E-state index in [0.29, 0.717) is 5.41 Å². The van der Waals surface area contributed by atoms with E-state index in [2.05, 4.69) is 92.6 Å². The Hall–Kier alpha value is -2.35. The molecule has 1 fully saturated rings. The highest BCUT2D eigenvalue weighted by atomic mass is 15.0. The van der Waals surface area contributed by atoms with Crippen LogP contribution in [0.4, 0.5) is 5.69 Å². The predicted molar refractivity (Wildman–Crippen MR) is 130 cm³/mol. The van der Waals surface area contributed by atoms with Crippen molar-refractivity contribution in [2.24, 2.45) is 11.3 Å². The molecule has 1 saturated carbocycles. The van der Waals surface area contributed by atoms with Crippen LogP contribution >= 0.6 is 0 Å². The zero-order valence-corrected chi connectivity index (χ0v) is 19.0. The second kappa shape index (κ2) is 8.41. The second-order valence-electron chi connectivity index (χ2n) is 10.2. The third-order valence-corrected chi connectivity index (χ3v) is 7.63. The molecule has 30 heavy (non-hydrogen) atoms. The number of hydrogen-bond donors (Lipinski definition) is 1. The van der Waals surface area contributed by atoms with Crippen LogP contribution < -0.4 is 5.32 Å². The number of pyridine rings is 1. The van der Waals surface area contributed by atoms with E-state index in [1.54, 1.807) is 0 Å². The lowest BCUT2D eigenvalue weighted by Crippen LogP contribution is -2.38.